The summed E-state index contributed by atoms with van der Waals surface area (Å²) in [6.45, 7) is 0. The lowest BCUT2D eigenvalue weighted by atomic mass is 10.2. The van der Waals surface area contributed by atoms with E-state index in [0.717, 1.165) is 5.82 Å². The summed E-state index contributed by atoms with van der Waals surface area (Å²) in [6, 6.07) is 10.2. The Labute approximate surface area is 71.2 Å². The van der Waals surface area contributed by atoms with Gasteiger partial charge in [0.2, 0.25) is 0 Å². The maximum atomic E-state index is 4.21. The molecule has 0 radical (unpaired) electrons. The molecule has 60 valence electrons. The monoisotopic (exact) mass is 158 g/mol. The zero-order valence-electron chi connectivity index (χ0n) is 6.91. The van der Waals surface area contributed by atoms with Crippen molar-refractivity contribution in [3.05, 3.63) is 36.5 Å². The highest BCUT2D eigenvalue weighted by Crippen LogP contribution is 2.15. The van der Waals surface area contributed by atoms with E-state index < -0.39 is 0 Å². The van der Waals surface area contributed by atoms with Gasteiger partial charge in [-0.2, -0.15) is 0 Å². The van der Waals surface area contributed by atoms with Gasteiger partial charge in [-0.3, -0.25) is 0 Å². The van der Waals surface area contributed by atoms with E-state index in [9.17, 15) is 0 Å². The Morgan fingerprint density at radius 3 is 2.67 bits per heavy atom. The standard InChI is InChI=1S/C10H10N2/c1-11-10-6-8-4-2-3-5-9(8)7-12-10/h2-7H,1H3,(H,11,12). The molecular weight excluding hydrogens is 148 g/mol. The Bertz CT molecular complexity index is 396. The van der Waals surface area contributed by atoms with Gasteiger partial charge in [0, 0.05) is 18.6 Å². The second-order valence-electron chi connectivity index (χ2n) is 2.67. The van der Waals surface area contributed by atoms with Gasteiger partial charge in [-0.05, 0) is 11.5 Å². The molecule has 0 amide bonds. The maximum Gasteiger partial charge on any atom is 0.126 e. The van der Waals surface area contributed by atoms with E-state index >= 15 is 0 Å². The first kappa shape index (κ1) is 7.10. The molecule has 1 N–H and O–H groups in total. The molecule has 0 saturated heterocycles. The first-order valence-corrected chi connectivity index (χ1v) is 3.93. The number of nitrogens with one attached hydrogen (secondary N) is 1. The van der Waals surface area contributed by atoms with Crippen molar-refractivity contribution in [3.8, 4) is 0 Å². The van der Waals surface area contributed by atoms with Crippen LogP contribution in [0.5, 0.6) is 0 Å². The van der Waals surface area contributed by atoms with E-state index in [1.807, 2.05) is 31.4 Å². The van der Waals surface area contributed by atoms with Crippen LogP contribution in [0.1, 0.15) is 0 Å². The summed E-state index contributed by atoms with van der Waals surface area (Å²) in [7, 11) is 1.87. The van der Waals surface area contributed by atoms with Crippen molar-refractivity contribution < 1.29 is 0 Å². The first-order chi connectivity index (χ1) is 5.90. The van der Waals surface area contributed by atoms with Gasteiger partial charge in [-0.15, -0.1) is 0 Å². The minimum atomic E-state index is 0.911. The molecule has 2 aromatic rings. The van der Waals surface area contributed by atoms with Crippen LogP contribution in [0.2, 0.25) is 0 Å². The normalized spacial score (nSPS) is 10.1. The molecule has 0 unspecified atom stereocenters. The fourth-order valence-corrected chi connectivity index (χ4v) is 1.22. The molecule has 0 aliphatic rings. The van der Waals surface area contributed by atoms with Crippen LogP contribution in [-0.2, 0) is 0 Å². The summed E-state index contributed by atoms with van der Waals surface area (Å²) >= 11 is 0. The summed E-state index contributed by atoms with van der Waals surface area (Å²) in [6.07, 6.45) is 1.88. The minimum absolute atomic E-state index is 0.911. The van der Waals surface area contributed by atoms with Gasteiger partial charge in [-0.25, -0.2) is 4.98 Å². The highest BCUT2D eigenvalue weighted by atomic mass is 14.9. The summed E-state index contributed by atoms with van der Waals surface area (Å²) in [5.74, 6) is 0.911. The van der Waals surface area contributed by atoms with Crippen LogP contribution < -0.4 is 5.32 Å². The second-order valence-corrected chi connectivity index (χ2v) is 2.67. The second kappa shape index (κ2) is 2.81. The smallest absolute Gasteiger partial charge is 0.126 e. The van der Waals surface area contributed by atoms with Crippen LogP contribution in [0.4, 0.5) is 5.82 Å². The number of rotatable bonds is 1. The zero-order chi connectivity index (χ0) is 8.39. The van der Waals surface area contributed by atoms with E-state index in [2.05, 4.69) is 22.4 Å². The van der Waals surface area contributed by atoms with Gasteiger partial charge in [0.25, 0.3) is 0 Å². The minimum Gasteiger partial charge on any atom is -0.373 e. The van der Waals surface area contributed by atoms with E-state index in [1.54, 1.807) is 0 Å². The Morgan fingerprint density at radius 1 is 1.17 bits per heavy atom. The molecule has 0 aliphatic heterocycles. The van der Waals surface area contributed by atoms with Gasteiger partial charge in [0.15, 0.2) is 0 Å². The molecule has 0 saturated carbocycles. The Morgan fingerprint density at radius 2 is 1.92 bits per heavy atom. The van der Waals surface area contributed by atoms with Crippen molar-refractivity contribution in [2.24, 2.45) is 0 Å². The van der Waals surface area contributed by atoms with Gasteiger partial charge < -0.3 is 5.32 Å². The van der Waals surface area contributed by atoms with Gasteiger partial charge in [-0.1, -0.05) is 24.3 Å². The average molecular weight is 158 g/mol. The molecule has 0 fully saturated rings. The third-order valence-corrected chi connectivity index (χ3v) is 1.89. The molecule has 2 nitrogen and oxygen atoms in total. The maximum absolute atomic E-state index is 4.21. The fourth-order valence-electron chi connectivity index (χ4n) is 1.22. The van der Waals surface area contributed by atoms with Crippen LogP contribution in [0.25, 0.3) is 10.8 Å². The predicted molar refractivity (Wildman–Crippen MR) is 51.3 cm³/mol. The van der Waals surface area contributed by atoms with Crippen molar-refractivity contribution in [1.29, 1.82) is 0 Å². The van der Waals surface area contributed by atoms with E-state index in [0.29, 0.717) is 0 Å². The third-order valence-electron chi connectivity index (χ3n) is 1.89. The van der Waals surface area contributed by atoms with Gasteiger partial charge in [0.1, 0.15) is 5.82 Å². The van der Waals surface area contributed by atoms with Crippen molar-refractivity contribution in [2.75, 3.05) is 12.4 Å². The topological polar surface area (TPSA) is 24.9 Å². The third kappa shape index (κ3) is 1.11. The van der Waals surface area contributed by atoms with Crippen molar-refractivity contribution in [1.82, 2.24) is 4.98 Å². The van der Waals surface area contributed by atoms with Crippen molar-refractivity contribution in [3.63, 3.8) is 0 Å². The summed E-state index contributed by atoms with van der Waals surface area (Å²) in [5, 5.41) is 5.40. The van der Waals surface area contributed by atoms with Crippen LogP contribution in [-0.4, -0.2) is 12.0 Å². The molecule has 0 bridgehead atoms. The number of nitrogens with zero attached hydrogens (tertiary/aromatic N) is 1. The lowest BCUT2D eigenvalue weighted by Gasteiger charge is -2.00. The molecule has 12 heavy (non-hydrogen) atoms. The zero-order valence-corrected chi connectivity index (χ0v) is 6.91. The summed E-state index contributed by atoms with van der Waals surface area (Å²) < 4.78 is 0. The fraction of sp³-hybridized carbons (Fsp3) is 0.100. The molecule has 0 atom stereocenters. The Kier molecular flexibility index (Phi) is 1.67. The van der Waals surface area contributed by atoms with Gasteiger partial charge >= 0.3 is 0 Å². The number of fused-ring (bicyclic) bond motifs is 1. The van der Waals surface area contributed by atoms with Crippen LogP contribution in [0.15, 0.2) is 36.5 Å². The van der Waals surface area contributed by atoms with Crippen molar-refractivity contribution in [2.45, 2.75) is 0 Å². The summed E-state index contributed by atoms with van der Waals surface area (Å²) in [5.41, 5.74) is 0. The first-order valence-electron chi connectivity index (χ1n) is 3.93. The largest absolute Gasteiger partial charge is 0.373 e. The number of hydrogen-bond acceptors (Lipinski definition) is 2. The molecule has 0 aliphatic carbocycles. The highest BCUT2D eigenvalue weighted by Gasteiger charge is 1.93. The number of anilines is 1. The lowest BCUT2D eigenvalue weighted by molar-refractivity contribution is 1.31. The van der Waals surface area contributed by atoms with Gasteiger partial charge in [0.05, 0.1) is 0 Å². The van der Waals surface area contributed by atoms with Crippen LogP contribution in [0, 0.1) is 0 Å². The van der Waals surface area contributed by atoms with Crippen LogP contribution >= 0.6 is 0 Å². The molecule has 2 rings (SSSR count). The lowest BCUT2D eigenvalue weighted by Crippen LogP contribution is -1.90. The average Bonchev–Trinajstić information content (AvgIpc) is 2.17. The Balaban J connectivity index is 2.67. The van der Waals surface area contributed by atoms with E-state index in [4.69, 9.17) is 0 Å². The molecule has 2 heteroatoms. The molecule has 1 aromatic heterocycles. The molecular formula is C10H10N2. The van der Waals surface area contributed by atoms with E-state index in [-0.39, 0.29) is 0 Å². The number of pyridine rings is 1. The van der Waals surface area contributed by atoms with Crippen LogP contribution in [0.3, 0.4) is 0 Å². The quantitative estimate of drug-likeness (QED) is 0.688. The number of benzene rings is 1. The SMILES string of the molecule is CNc1cc2ccccc2cn1. The van der Waals surface area contributed by atoms with E-state index in [1.165, 1.54) is 10.8 Å². The molecule has 1 aromatic carbocycles. The molecule has 0 spiro atoms. The molecule has 1 heterocycles. The van der Waals surface area contributed by atoms with Crippen molar-refractivity contribution >= 4 is 16.6 Å². The predicted octanol–water partition coefficient (Wildman–Crippen LogP) is 2.28. The number of hydrogen-bond donors (Lipinski definition) is 1. The Hall–Kier alpha value is -1.57. The summed E-state index contributed by atoms with van der Waals surface area (Å²) in [4.78, 5) is 4.21. The number of aromatic nitrogens is 1. The highest BCUT2D eigenvalue weighted by molar-refractivity contribution is 5.83.